The molecule has 3 nitrogen and oxygen atoms in total. The van der Waals surface area contributed by atoms with E-state index in [1.807, 2.05) is 12.4 Å². The molecule has 34 heavy (non-hydrogen) atoms. The maximum Gasteiger partial charge on any atom is 0.119 e. The molecule has 1 aromatic carbocycles. The topological polar surface area (TPSA) is 35.0 Å². The zero-order chi connectivity index (χ0) is 23.8. The van der Waals surface area contributed by atoms with Gasteiger partial charge < -0.3 is 4.74 Å². The predicted molar refractivity (Wildman–Crippen MR) is 144 cm³/mol. The minimum absolute atomic E-state index is 0.822. The average Bonchev–Trinajstić information content (AvgIpc) is 2.88. The highest BCUT2D eigenvalue weighted by Crippen LogP contribution is 2.34. The summed E-state index contributed by atoms with van der Waals surface area (Å²) >= 11 is 0. The summed E-state index contributed by atoms with van der Waals surface area (Å²) in [4.78, 5) is 9.20. The fraction of sp³-hybridized carbons (Fsp3) is 0.677. The van der Waals surface area contributed by atoms with E-state index >= 15 is 0 Å². The largest absolute Gasteiger partial charge is 0.494 e. The molecular weight excluding hydrogens is 416 g/mol. The third-order valence-electron chi connectivity index (χ3n) is 7.60. The van der Waals surface area contributed by atoms with Crippen LogP contribution in [0.5, 0.6) is 5.75 Å². The summed E-state index contributed by atoms with van der Waals surface area (Å²) in [5, 5.41) is 0. The molecule has 2 aromatic rings. The van der Waals surface area contributed by atoms with Crippen molar-refractivity contribution in [3.63, 3.8) is 0 Å². The van der Waals surface area contributed by atoms with Gasteiger partial charge in [-0.15, -0.1) is 0 Å². The normalized spacial score (nSPS) is 18.2. The second-order valence-corrected chi connectivity index (χ2v) is 10.5. The molecule has 3 rings (SSSR count). The van der Waals surface area contributed by atoms with Crippen LogP contribution in [0.4, 0.5) is 0 Å². The van der Waals surface area contributed by atoms with Gasteiger partial charge in [-0.3, -0.25) is 9.97 Å². The molecule has 0 aliphatic heterocycles. The standard InChI is InChI=1S/C31H48N2O/c1-3-5-7-8-10-12-26-15-17-27(18-16-26)13-11-23-34-30-21-19-28(20-22-30)31-25-32-29(24-33-31)14-9-6-4-2/h19-22,24-27H,3-18,23H2,1-2H3. The van der Waals surface area contributed by atoms with E-state index in [-0.39, 0.29) is 0 Å². The number of hydrogen-bond donors (Lipinski definition) is 0. The van der Waals surface area contributed by atoms with Gasteiger partial charge in [0.15, 0.2) is 0 Å². The van der Waals surface area contributed by atoms with Crippen LogP contribution in [0.2, 0.25) is 0 Å². The smallest absolute Gasteiger partial charge is 0.119 e. The quantitative estimate of drug-likeness (QED) is 0.232. The van der Waals surface area contributed by atoms with Crippen LogP contribution in [0.3, 0.4) is 0 Å². The van der Waals surface area contributed by atoms with Crippen LogP contribution >= 0.6 is 0 Å². The monoisotopic (exact) mass is 464 g/mol. The van der Waals surface area contributed by atoms with Crippen molar-refractivity contribution in [3.8, 4) is 17.0 Å². The molecule has 1 fully saturated rings. The summed E-state index contributed by atoms with van der Waals surface area (Å²) in [7, 11) is 0. The van der Waals surface area contributed by atoms with Crippen molar-refractivity contribution in [1.82, 2.24) is 9.97 Å². The maximum atomic E-state index is 6.03. The van der Waals surface area contributed by atoms with Gasteiger partial charge in [-0.1, -0.05) is 90.9 Å². The molecule has 1 aliphatic carbocycles. The average molecular weight is 465 g/mol. The number of ether oxygens (including phenoxy) is 1. The van der Waals surface area contributed by atoms with E-state index in [0.717, 1.165) is 47.6 Å². The van der Waals surface area contributed by atoms with Crippen molar-refractivity contribution in [2.75, 3.05) is 6.61 Å². The molecule has 0 amide bonds. The van der Waals surface area contributed by atoms with Gasteiger partial charge in [0.25, 0.3) is 0 Å². The van der Waals surface area contributed by atoms with Crippen molar-refractivity contribution in [2.45, 2.75) is 117 Å². The van der Waals surface area contributed by atoms with E-state index in [1.165, 1.54) is 96.3 Å². The lowest BCUT2D eigenvalue weighted by molar-refractivity contribution is 0.228. The van der Waals surface area contributed by atoms with Crippen LogP contribution in [0.15, 0.2) is 36.7 Å². The number of aryl methyl sites for hydroxylation is 1. The van der Waals surface area contributed by atoms with Crippen LogP contribution in [0, 0.1) is 11.8 Å². The SMILES string of the molecule is CCCCCCCC1CCC(CCCOc2ccc(-c3cnc(CCCCC)cn3)cc2)CC1. The predicted octanol–water partition coefficient (Wildman–Crippen LogP) is 9.20. The van der Waals surface area contributed by atoms with Gasteiger partial charge in [-0.25, -0.2) is 0 Å². The lowest BCUT2D eigenvalue weighted by Gasteiger charge is -2.28. The van der Waals surface area contributed by atoms with Crippen LogP contribution < -0.4 is 4.74 Å². The number of benzene rings is 1. The Morgan fingerprint density at radius 1 is 0.706 bits per heavy atom. The molecule has 0 spiro atoms. The van der Waals surface area contributed by atoms with Crippen LogP contribution in [0.1, 0.15) is 116 Å². The first-order valence-electron chi connectivity index (χ1n) is 14.3. The molecule has 1 saturated carbocycles. The van der Waals surface area contributed by atoms with Crippen LogP contribution in [0.25, 0.3) is 11.3 Å². The Labute approximate surface area is 209 Å². The van der Waals surface area contributed by atoms with E-state index in [2.05, 4.69) is 48.1 Å². The van der Waals surface area contributed by atoms with Crippen molar-refractivity contribution in [3.05, 3.63) is 42.4 Å². The summed E-state index contributed by atoms with van der Waals surface area (Å²) in [5.41, 5.74) is 3.12. The minimum Gasteiger partial charge on any atom is -0.494 e. The minimum atomic E-state index is 0.822. The molecule has 1 heterocycles. The maximum absolute atomic E-state index is 6.03. The van der Waals surface area contributed by atoms with Crippen LogP contribution in [-0.2, 0) is 6.42 Å². The summed E-state index contributed by atoms with van der Waals surface area (Å²) < 4.78 is 6.03. The Bertz CT molecular complexity index is 763. The van der Waals surface area contributed by atoms with Gasteiger partial charge in [0, 0.05) is 11.8 Å². The highest BCUT2D eigenvalue weighted by molar-refractivity contribution is 5.58. The lowest BCUT2D eigenvalue weighted by atomic mass is 9.78. The van der Waals surface area contributed by atoms with Gasteiger partial charge in [-0.2, -0.15) is 0 Å². The molecule has 0 unspecified atom stereocenters. The second-order valence-electron chi connectivity index (χ2n) is 10.5. The Balaban J connectivity index is 1.28. The van der Waals surface area contributed by atoms with Crippen molar-refractivity contribution in [1.29, 1.82) is 0 Å². The van der Waals surface area contributed by atoms with E-state index in [9.17, 15) is 0 Å². The first-order chi connectivity index (χ1) is 16.8. The summed E-state index contributed by atoms with van der Waals surface area (Å²) in [6.45, 7) is 5.35. The molecule has 1 aliphatic rings. The molecule has 0 radical (unpaired) electrons. The zero-order valence-electron chi connectivity index (χ0n) is 21.9. The van der Waals surface area contributed by atoms with Crippen molar-refractivity contribution < 1.29 is 4.74 Å². The van der Waals surface area contributed by atoms with Crippen LogP contribution in [-0.4, -0.2) is 16.6 Å². The molecule has 0 saturated heterocycles. The van der Waals surface area contributed by atoms with Gasteiger partial charge in [0.1, 0.15) is 5.75 Å². The van der Waals surface area contributed by atoms with Crippen molar-refractivity contribution >= 4 is 0 Å². The first kappa shape index (κ1) is 26.7. The molecule has 188 valence electrons. The van der Waals surface area contributed by atoms with Gasteiger partial charge in [0.2, 0.25) is 0 Å². The Hall–Kier alpha value is -1.90. The fourth-order valence-corrected chi connectivity index (χ4v) is 5.32. The van der Waals surface area contributed by atoms with E-state index in [4.69, 9.17) is 4.74 Å². The third-order valence-corrected chi connectivity index (χ3v) is 7.60. The van der Waals surface area contributed by atoms with Gasteiger partial charge >= 0.3 is 0 Å². The summed E-state index contributed by atoms with van der Waals surface area (Å²) in [6.07, 6.45) is 25.4. The third kappa shape index (κ3) is 9.76. The zero-order valence-corrected chi connectivity index (χ0v) is 21.9. The number of nitrogens with zero attached hydrogens (tertiary/aromatic N) is 2. The molecular formula is C31H48N2O. The van der Waals surface area contributed by atoms with Crippen molar-refractivity contribution in [2.24, 2.45) is 11.8 Å². The Kier molecular flexibility index (Phi) is 12.5. The Morgan fingerprint density at radius 2 is 1.35 bits per heavy atom. The number of rotatable bonds is 16. The fourth-order valence-electron chi connectivity index (χ4n) is 5.32. The summed E-state index contributed by atoms with van der Waals surface area (Å²) in [5.74, 6) is 2.89. The number of hydrogen-bond acceptors (Lipinski definition) is 3. The number of unbranched alkanes of at least 4 members (excludes halogenated alkanes) is 6. The second kappa shape index (κ2) is 15.9. The first-order valence-corrected chi connectivity index (χ1v) is 14.3. The lowest BCUT2D eigenvalue weighted by Crippen LogP contribution is -2.15. The molecule has 0 N–H and O–H groups in total. The summed E-state index contributed by atoms with van der Waals surface area (Å²) in [6, 6.07) is 8.33. The Morgan fingerprint density at radius 3 is 2.00 bits per heavy atom. The molecule has 1 aromatic heterocycles. The van der Waals surface area contributed by atoms with E-state index in [0.29, 0.717) is 0 Å². The van der Waals surface area contributed by atoms with E-state index < -0.39 is 0 Å². The molecule has 0 bridgehead atoms. The van der Waals surface area contributed by atoms with E-state index in [1.54, 1.807) is 0 Å². The van der Waals surface area contributed by atoms with Gasteiger partial charge in [-0.05, 0) is 61.8 Å². The molecule has 3 heteroatoms. The highest BCUT2D eigenvalue weighted by Gasteiger charge is 2.20. The molecule has 0 atom stereocenters. The highest BCUT2D eigenvalue weighted by atomic mass is 16.5. The van der Waals surface area contributed by atoms with Gasteiger partial charge in [0.05, 0.1) is 24.2 Å². The number of aromatic nitrogens is 2.